The Morgan fingerprint density at radius 3 is 2.15 bits per heavy atom. The van der Waals surface area contributed by atoms with Crippen molar-refractivity contribution < 1.29 is 32.5 Å². The second kappa shape index (κ2) is 20.2. The van der Waals surface area contributed by atoms with Crippen LogP contribution < -0.4 is 5.32 Å². The van der Waals surface area contributed by atoms with Gasteiger partial charge in [0.15, 0.2) is 0 Å². The molecule has 194 valence electrons. The van der Waals surface area contributed by atoms with Gasteiger partial charge in [0.2, 0.25) is 5.91 Å². The van der Waals surface area contributed by atoms with Crippen molar-refractivity contribution in [3.05, 3.63) is 12.7 Å². The zero-order valence-corrected chi connectivity index (χ0v) is 22.0. The number of phosphoric ester groups is 1. The quantitative estimate of drug-likeness (QED) is 0.0845. The molecule has 0 heterocycles. The van der Waals surface area contributed by atoms with Crippen molar-refractivity contribution in [2.75, 3.05) is 19.8 Å². The highest BCUT2D eigenvalue weighted by Gasteiger charge is 2.29. The van der Waals surface area contributed by atoms with Crippen LogP contribution in [0.15, 0.2) is 12.7 Å². The van der Waals surface area contributed by atoms with E-state index in [9.17, 15) is 14.2 Å². The number of rotatable bonds is 22. The predicted molar refractivity (Wildman–Crippen MR) is 131 cm³/mol. The first-order valence-corrected chi connectivity index (χ1v) is 13.8. The number of phosphoric acid groups is 1. The Balaban J connectivity index is 4.77. The fourth-order valence-corrected chi connectivity index (χ4v) is 4.62. The molecule has 0 aliphatic rings. The lowest BCUT2D eigenvalue weighted by Crippen LogP contribution is -2.34. The molecular weight excluding hydrogens is 445 g/mol. The van der Waals surface area contributed by atoms with Crippen molar-refractivity contribution in [1.29, 1.82) is 0 Å². The number of unbranched alkanes of at least 4 members (excludes halogenated alkanes) is 6. The molecule has 0 radical (unpaired) electrons. The van der Waals surface area contributed by atoms with Crippen LogP contribution in [0.2, 0.25) is 0 Å². The molecule has 1 amide bonds. The van der Waals surface area contributed by atoms with Crippen molar-refractivity contribution in [2.45, 2.75) is 110 Å². The minimum atomic E-state index is -3.79. The van der Waals surface area contributed by atoms with Gasteiger partial charge < -0.3 is 10.1 Å². The molecule has 1 N–H and O–H groups in total. The fourth-order valence-electron chi connectivity index (χ4n) is 3.36. The highest BCUT2D eigenvalue weighted by molar-refractivity contribution is 7.48. The predicted octanol–water partition coefficient (Wildman–Crippen LogP) is 6.10. The van der Waals surface area contributed by atoms with Gasteiger partial charge in [-0.05, 0) is 25.7 Å². The summed E-state index contributed by atoms with van der Waals surface area (Å²) in [6.07, 6.45) is 11.8. The number of ether oxygens (including phenoxy) is 1. The summed E-state index contributed by atoms with van der Waals surface area (Å²) in [6.45, 7) is 10.6. The summed E-state index contributed by atoms with van der Waals surface area (Å²) in [7, 11) is -3.79. The largest absolute Gasteiger partial charge is 0.475 e. The summed E-state index contributed by atoms with van der Waals surface area (Å²) in [5, 5.41) is 2.99. The summed E-state index contributed by atoms with van der Waals surface area (Å²) < 4.78 is 34.1. The maximum absolute atomic E-state index is 12.8. The van der Waals surface area contributed by atoms with Crippen LogP contribution in [-0.2, 0) is 32.5 Å². The lowest BCUT2D eigenvalue weighted by molar-refractivity contribution is -0.148. The first kappa shape index (κ1) is 31.8. The first-order valence-electron chi connectivity index (χ1n) is 12.3. The van der Waals surface area contributed by atoms with Gasteiger partial charge in [0.25, 0.3) is 0 Å². The highest BCUT2D eigenvalue weighted by atomic mass is 31.2. The number of hydrogen-bond acceptors (Lipinski definition) is 7. The molecule has 0 aromatic heterocycles. The number of carbonyl (C=O) groups is 2. The number of amides is 1. The van der Waals surface area contributed by atoms with Gasteiger partial charge in [-0.25, -0.2) is 4.57 Å². The molecule has 9 heteroatoms. The summed E-state index contributed by atoms with van der Waals surface area (Å²) in [5.41, 5.74) is 0. The van der Waals surface area contributed by atoms with Gasteiger partial charge >= 0.3 is 13.8 Å². The number of nitrogens with one attached hydrogen (secondary N) is 1. The number of esters is 1. The van der Waals surface area contributed by atoms with E-state index in [0.717, 1.165) is 19.3 Å². The van der Waals surface area contributed by atoms with Crippen LogP contribution in [0, 0.1) is 0 Å². The summed E-state index contributed by atoms with van der Waals surface area (Å²) >= 11 is 0. The lowest BCUT2D eigenvalue weighted by atomic mass is 10.0. The standard InChI is InChI=1S/C24H46NO7P/c1-6-9-10-11-12-13-14-15-23(25-21(4)26)16-17-24(32-22(5)27)20-31-33(28,29-18-7-2)30-19-8-3/h7,23-24H,2,6,8-20H2,1,3-5H3,(H,25,26). The second-order valence-corrected chi connectivity index (χ2v) is 9.95. The van der Waals surface area contributed by atoms with Crippen LogP contribution in [0.25, 0.3) is 0 Å². The van der Waals surface area contributed by atoms with E-state index < -0.39 is 19.9 Å². The summed E-state index contributed by atoms with van der Waals surface area (Å²) in [5.74, 6) is -0.540. The molecule has 3 unspecified atom stereocenters. The van der Waals surface area contributed by atoms with E-state index >= 15 is 0 Å². The lowest BCUT2D eigenvalue weighted by Gasteiger charge is -2.24. The Hall–Kier alpha value is -1.21. The summed E-state index contributed by atoms with van der Waals surface area (Å²) in [4.78, 5) is 23.2. The Kier molecular flexibility index (Phi) is 19.4. The van der Waals surface area contributed by atoms with Crippen molar-refractivity contribution in [1.82, 2.24) is 5.32 Å². The zero-order valence-electron chi connectivity index (χ0n) is 21.1. The molecule has 0 rings (SSSR count). The van der Waals surface area contributed by atoms with Gasteiger partial charge in [-0.1, -0.05) is 64.9 Å². The zero-order chi connectivity index (χ0) is 25.0. The first-order chi connectivity index (χ1) is 15.8. The van der Waals surface area contributed by atoms with E-state index in [0.29, 0.717) is 19.3 Å². The van der Waals surface area contributed by atoms with Gasteiger partial charge in [-0.15, -0.1) is 6.58 Å². The third kappa shape index (κ3) is 18.9. The van der Waals surface area contributed by atoms with Gasteiger partial charge in [0.05, 0.1) is 19.8 Å². The maximum Gasteiger partial charge on any atom is 0.475 e. The monoisotopic (exact) mass is 491 g/mol. The van der Waals surface area contributed by atoms with Crippen LogP contribution in [0.5, 0.6) is 0 Å². The Labute approximate surface area is 200 Å². The van der Waals surface area contributed by atoms with E-state index in [1.165, 1.54) is 52.0 Å². The van der Waals surface area contributed by atoms with Crippen LogP contribution >= 0.6 is 7.82 Å². The summed E-state index contributed by atoms with van der Waals surface area (Å²) in [6, 6.07) is -0.0173. The molecule has 0 spiro atoms. The third-order valence-corrected chi connectivity index (χ3v) is 6.39. The highest BCUT2D eigenvalue weighted by Crippen LogP contribution is 2.49. The van der Waals surface area contributed by atoms with Crippen molar-refractivity contribution >= 4 is 19.7 Å². The normalized spacial score (nSPS) is 14.8. The van der Waals surface area contributed by atoms with Gasteiger partial charge in [0, 0.05) is 19.9 Å². The number of hydrogen-bond donors (Lipinski definition) is 1. The van der Waals surface area contributed by atoms with E-state index in [-0.39, 0.29) is 31.8 Å². The van der Waals surface area contributed by atoms with Crippen LogP contribution in [0.4, 0.5) is 0 Å². The third-order valence-electron chi connectivity index (χ3n) is 4.96. The molecule has 0 aliphatic heterocycles. The molecule has 0 saturated heterocycles. The molecule has 0 saturated carbocycles. The van der Waals surface area contributed by atoms with E-state index in [2.05, 4.69) is 18.8 Å². The van der Waals surface area contributed by atoms with Crippen molar-refractivity contribution in [2.24, 2.45) is 0 Å². The van der Waals surface area contributed by atoms with E-state index in [1.54, 1.807) is 0 Å². The van der Waals surface area contributed by atoms with Gasteiger partial charge in [0.1, 0.15) is 6.10 Å². The van der Waals surface area contributed by atoms with Crippen LogP contribution in [-0.4, -0.2) is 43.8 Å². The topological polar surface area (TPSA) is 100 Å². The molecule has 0 aromatic rings. The van der Waals surface area contributed by atoms with Crippen molar-refractivity contribution in [3.63, 3.8) is 0 Å². The molecule has 8 nitrogen and oxygen atoms in total. The van der Waals surface area contributed by atoms with E-state index in [1.807, 2.05) is 6.92 Å². The molecular formula is C24H46NO7P. The second-order valence-electron chi connectivity index (χ2n) is 8.28. The van der Waals surface area contributed by atoms with E-state index in [4.69, 9.17) is 18.3 Å². The fraction of sp³-hybridized carbons (Fsp3) is 0.833. The van der Waals surface area contributed by atoms with Gasteiger partial charge in [-0.2, -0.15) is 0 Å². The molecule has 0 aromatic carbocycles. The minimum Gasteiger partial charge on any atom is -0.460 e. The van der Waals surface area contributed by atoms with Crippen molar-refractivity contribution in [3.8, 4) is 0 Å². The molecule has 3 atom stereocenters. The Bertz CT molecular complexity index is 585. The molecule has 0 aliphatic carbocycles. The maximum atomic E-state index is 12.8. The average molecular weight is 492 g/mol. The number of carbonyl (C=O) groups excluding carboxylic acids is 2. The average Bonchev–Trinajstić information content (AvgIpc) is 2.76. The van der Waals surface area contributed by atoms with Crippen LogP contribution in [0.3, 0.4) is 0 Å². The molecule has 0 bridgehead atoms. The SMILES string of the molecule is C=CCOP(=O)(OCCC)OCC(CCC(CCCCCCCCC)NC(C)=O)OC(C)=O. The molecule has 33 heavy (non-hydrogen) atoms. The Morgan fingerprint density at radius 2 is 1.58 bits per heavy atom. The minimum absolute atomic E-state index is 0.0161. The van der Waals surface area contributed by atoms with Gasteiger partial charge in [-0.3, -0.25) is 23.2 Å². The Morgan fingerprint density at radius 1 is 0.909 bits per heavy atom. The smallest absolute Gasteiger partial charge is 0.460 e. The van der Waals surface area contributed by atoms with Crippen LogP contribution in [0.1, 0.15) is 98.3 Å². The molecule has 0 fully saturated rings.